The van der Waals surface area contributed by atoms with Crippen LogP contribution >= 0.6 is 0 Å². The summed E-state index contributed by atoms with van der Waals surface area (Å²) < 4.78 is 10.8. The van der Waals surface area contributed by atoms with E-state index >= 15 is 0 Å². The van der Waals surface area contributed by atoms with Crippen LogP contribution in [-0.4, -0.2) is 47.3 Å². The van der Waals surface area contributed by atoms with Crippen molar-refractivity contribution in [2.75, 3.05) is 6.61 Å². The first-order valence-electron chi connectivity index (χ1n) is 7.15. The van der Waals surface area contributed by atoms with Gasteiger partial charge in [-0.15, -0.1) is 0 Å². The van der Waals surface area contributed by atoms with E-state index in [9.17, 15) is 14.7 Å². The molecule has 3 unspecified atom stereocenters. The lowest BCUT2D eigenvalue weighted by atomic mass is 10.2. The number of aliphatic hydroxyl groups is 1. The monoisotopic (exact) mass is 295 g/mol. The Kier molecular flexibility index (Phi) is 5.52. The first-order chi connectivity index (χ1) is 10.1. The second-order valence-corrected chi connectivity index (χ2v) is 5.35. The van der Waals surface area contributed by atoms with Gasteiger partial charge in [0, 0.05) is 18.8 Å². The normalized spacial score (nSPS) is 26.4. The molecule has 2 rings (SSSR count). The summed E-state index contributed by atoms with van der Waals surface area (Å²) >= 11 is 0. The predicted octanol–water partition coefficient (Wildman–Crippen LogP) is 1.11. The number of esters is 1. The highest BCUT2D eigenvalue weighted by molar-refractivity contribution is 5.77. The first-order valence-corrected chi connectivity index (χ1v) is 7.15. The van der Waals surface area contributed by atoms with Gasteiger partial charge in [0.1, 0.15) is 19.1 Å². The zero-order valence-corrected chi connectivity index (χ0v) is 12.1. The molecule has 2 aliphatic heterocycles. The quantitative estimate of drug-likeness (QED) is 0.584. The molecule has 0 aromatic rings. The maximum Gasteiger partial charge on any atom is 0.335 e. The number of aldehydes is 1. The smallest absolute Gasteiger partial charge is 0.335 e. The van der Waals surface area contributed by atoms with Gasteiger partial charge in [0.2, 0.25) is 0 Å². The molecule has 0 aliphatic carbocycles. The summed E-state index contributed by atoms with van der Waals surface area (Å²) in [5.74, 6) is -0.775. The van der Waals surface area contributed by atoms with Crippen LogP contribution in [-0.2, 0) is 19.1 Å². The largest absolute Gasteiger partial charge is 0.461 e. The van der Waals surface area contributed by atoms with Gasteiger partial charge in [-0.2, -0.15) is 0 Å². The van der Waals surface area contributed by atoms with Crippen LogP contribution in [0.4, 0.5) is 0 Å². The van der Waals surface area contributed by atoms with Crippen molar-refractivity contribution in [3.63, 3.8) is 0 Å². The predicted molar refractivity (Wildman–Crippen MR) is 74.9 cm³/mol. The van der Waals surface area contributed by atoms with Crippen LogP contribution in [0.15, 0.2) is 24.0 Å². The Morgan fingerprint density at radius 2 is 2.43 bits per heavy atom. The third-order valence-corrected chi connectivity index (χ3v) is 3.51. The van der Waals surface area contributed by atoms with Gasteiger partial charge >= 0.3 is 5.97 Å². The second-order valence-electron chi connectivity index (χ2n) is 5.35. The number of hydrogen-bond donors (Lipinski definition) is 1. The Morgan fingerprint density at radius 3 is 3.14 bits per heavy atom. The van der Waals surface area contributed by atoms with Crippen molar-refractivity contribution in [1.82, 2.24) is 4.90 Å². The highest BCUT2D eigenvalue weighted by Gasteiger charge is 2.30. The zero-order valence-electron chi connectivity index (χ0n) is 12.1. The molecule has 1 N–H and O–H groups in total. The van der Waals surface area contributed by atoms with Crippen molar-refractivity contribution in [1.29, 1.82) is 0 Å². The fourth-order valence-electron chi connectivity index (χ4n) is 2.38. The van der Waals surface area contributed by atoms with Gasteiger partial charge in [0.15, 0.2) is 6.10 Å². The Morgan fingerprint density at radius 1 is 1.62 bits per heavy atom. The Bertz CT molecular complexity index is 445. The van der Waals surface area contributed by atoms with Crippen LogP contribution in [0.25, 0.3) is 0 Å². The van der Waals surface area contributed by atoms with Crippen LogP contribution in [0.1, 0.15) is 32.6 Å². The molecule has 2 heterocycles. The van der Waals surface area contributed by atoms with E-state index in [1.54, 1.807) is 0 Å². The van der Waals surface area contributed by atoms with E-state index in [4.69, 9.17) is 9.47 Å². The topological polar surface area (TPSA) is 76.1 Å². The minimum Gasteiger partial charge on any atom is -0.461 e. The summed E-state index contributed by atoms with van der Waals surface area (Å²) in [6, 6.07) is 0. The molecule has 1 fully saturated rings. The van der Waals surface area contributed by atoms with Crippen LogP contribution in [0.3, 0.4) is 0 Å². The van der Waals surface area contributed by atoms with E-state index < -0.39 is 12.1 Å². The summed E-state index contributed by atoms with van der Waals surface area (Å²) in [4.78, 5) is 23.6. The van der Waals surface area contributed by atoms with E-state index in [-0.39, 0.29) is 25.4 Å². The molecule has 1 saturated heterocycles. The van der Waals surface area contributed by atoms with Crippen molar-refractivity contribution in [3.05, 3.63) is 24.0 Å². The molecule has 0 spiro atoms. The third-order valence-electron chi connectivity index (χ3n) is 3.51. The summed E-state index contributed by atoms with van der Waals surface area (Å²) in [6.45, 7) is 2.17. The molecular weight excluding hydrogens is 274 g/mol. The molecule has 0 aromatic heterocycles. The molecule has 2 aliphatic rings. The number of ether oxygens (including phenoxy) is 2. The average molecular weight is 295 g/mol. The first kappa shape index (κ1) is 15.7. The third kappa shape index (κ3) is 4.41. The van der Waals surface area contributed by atoms with Crippen molar-refractivity contribution >= 4 is 12.3 Å². The molecule has 0 radical (unpaired) electrons. The Labute approximate surface area is 124 Å². The van der Waals surface area contributed by atoms with Crippen LogP contribution in [0.5, 0.6) is 0 Å². The van der Waals surface area contributed by atoms with Crippen molar-refractivity contribution in [2.24, 2.45) is 0 Å². The second kappa shape index (κ2) is 7.38. The number of aliphatic hydroxyl groups excluding tert-OH is 1. The van der Waals surface area contributed by atoms with Gasteiger partial charge in [-0.3, -0.25) is 0 Å². The maximum absolute atomic E-state index is 11.4. The SMILES string of the molecule is CC1=CN(C2CCC(COC(=O)C(O)CC=O)O2)C=CC1. The Hall–Kier alpha value is -1.66. The van der Waals surface area contributed by atoms with Gasteiger partial charge in [-0.25, -0.2) is 4.79 Å². The minimum absolute atomic E-state index is 0.0416. The molecule has 3 atom stereocenters. The van der Waals surface area contributed by atoms with Gasteiger partial charge in [0.05, 0.1) is 6.10 Å². The minimum atomic E-state index is -1.38. The molecule has 0 saturated carbocycles. The molecule has 21 heavy (non-hydrogen) atoms. The number of nitrogens with zero attached hydrogens (tertiary/aromatic N) is 1. The lowest BCUT2D eigenvalue weighted by Crippen LogP contribution is -2.30. The fraction of sp³-hybridized carbons (Fsp3) is 0.600. The van der Waals surface area contributed by atoms with E-state index in [1.165, 1.54) is 5.57 Å². The zero-order chi connectivity index (χ0) is 15.2. The van der Waals surface area contributed by atoms with Crippen molar-refractivity contribution < 1.29 is 24.2 Å². The number of carbonyl (C=O) groups is 2. The molecular formula is C15H21NO5. The van der Waals surface area contributed by atoms with Gasteiger partial charge in [-0.05, 0) is 26.2 Å². The summed E-state index contributed by atoms with van der Waals surface area (Å²) in [5.41, 5.74) is 1.27. The van der Waals surface area contributed by atoms with Crippen molar-refractivity contribution in [3.8, 4) is 0 Å². The summed E-state index contributed by atoms with van der Waals surface area (Å²) in [6.07, 6.45) is 7.41. The summed E-state index contributed by atoms with van der Waals surface area (Å²) in [5, 5.41) is 9.30. The highest BCUT2D eigenvalue weighted by atomic mass is 16.6. The van der Waals surface area contributed by atoms with E-state index in [2.05, 4.69) is 19.2 Å². The van der Waals surface area contributed by atoms with E-state index in [0.717, 1.165) is 19.3 Å². The summed E-state index contributed by atoms with van der Waals surface area (Å²) in [7, 11) is 0. The average Bonchev–Trinajstić information content (AvgIpc) is 2.94. The number of carbonyl (C=O) groups excluding carboxylic acids is 2. The molecule has 116 valence electrons. The van der Waals surface area contributed by atoms with Gasteiger partial charge in [-0.1, -0.05) is 11.6 Å². The fourth-order valence-corrected chi connectivity index (χ4v) is 2.38. The molecule has 0 amide bonds. The van der Waals surface area contributed by atoms with E-state index in [0.29, 0.717) is 6.29 Å². The maximum atomic E-state index is 11.4. The number of hydrogen-bond acceptors (Lipinski definition) is 6. The van der Waals surface area contributed by atoms with Crippen LogP contribution in [0.2, 0.25) is 0 Å². The van der Waals surface area contributed by atoms with Crippen LogP contribution in [0, 0.1) is 0 Å². The Balaban J connectivity index is 1.75. The number of rotatable bonds is 6. The lowest BCUT2D eigenvalue weighted by Gasteiger charge is -2.27. The highest BCUT2D eigenvalue weighted by Crippen LogP contribution is 2.26. The van der Waals surface area contributed by atoms with E-state index in [1.807, 2.05) is 11.1 Å². The van der Waals surface area contributed by atoms with Crippen LogP contribution < -0.4 is 0 Å². The molecule has 0 aromatic carbocycles. The lowest BCUT2D eigenvalue weighted by molar-refractivity contribution is -0.159. The van der Waals surface area contributed by atoms with Crippen molar-refractivity contribution in [2.45, 2.75) is 51.0 Å². The molecule has 6 nitrogen and oxygen atoms in total. The van der Waals surface area contributed by atoms with Gasteiger partial charge < -0.3 is 24.3 Å². The number of allylic oxidation sites excluding steroid dienone is 2. The standard InChI is InChI=1S/C15H21NO5/c1-11-3-2-7-16(9-11)14-5-4-12(21-14)10-20-15(19)13(18)6-8-17/h2,7-9,12-14,18H,3-6,10H2,1H3. The van der Waals surface area contributed by atoms with Gasteiger partial charge in [0.25, 0.3) is 0 Å². The molecule has 0 bridgehead atoms. The molecule has 6 heteroatoms.